The standard InChI is InChI=1S/C20H18F3N3O5S/c1-26(19(27)20(21,22)23)14-9-15-16(30-2)7-8-17(18(15)31-11-14)32(28,29)25-13-5-3-12(10-24)4-6-13/h3-8,14,25H,9,11H2,1-2H3/p+1. The van der Waals surface area contributed by atoms with Crippen LogP contribution in [0.15, 0.2) is 41.3 Å². The van der Waals surface area contributed by atoms with Gasteiger partial charge in [0.05, 0.1) is 25.8 Å². The molecule has 1 aliphatic heterocycles. The van der Waals surface area contributed by atoms with E-state index in [1.54, 1.807) is 0 Å². The third-order valence-electron chi connectivity index (χ3n) is 5.06. The highest BCUT2D eigenvalue weighted by atomic mass is 32.2. The summed E-state index contributed by atoms with van der Waals surface area (Å²) in [5.74, 6) is -1.76. The molecular formula is C20H19F3N3O5S+. The van der Waals surface area contributed by atoms with Crippen molar-refractivity contribution in [2.75, 3.05) is 25.5 Å². The van der Waals surface area contributed by atoms with Crippen LogP contribution in [0, 0.1) is 11.3 Å². The van der Waals surface area contributed by atoms with Crippen molar-refractivity contribution < 1.29 is 40.8 Å². The van der Waals surface area contributed by atoms with E-state index in [1.165, 1.54) is 43.5 Å². The lowest BCUT2D eigenvalue weighted by molar-refractivity contribution is -0.833. The summed E-state index contributed by atoms with van der Waals surface area (Å²) in [5, 5.41) is 8.86. The minimum atomic E-state index is -5.01. The van der Waals surface area contributed by atoms with E-state index in [1.807, 2.05) is 6.07 Å². The van der Waals surface area contributed by atoms with Crippen molar-refractivity contribution in [2.24, 2.45) is 0 Å². The van der Waals surface area contributed by atoms with Crippen molar-refractivity contribution in [3.63, 3.8) is 0 Å². The summed E-state index contributed by atoms with van der Waals surface area (Å²) in [6.07, 6.45) is -5.07. The Morgan fingerprint density at radius 3 is 2.47 bits per heavy atom. The number of nitriles is 1. The maximum absolute atomic E-state index is 13.0. The van der Waals surface area contributed by atoms with Gasteiger partial charge < -0.3 is 9.47 Å². The number of alkyl halides is 3. The number of methoxy groups -OCH3 is 1. The SMILES string of the molecule is COc1ccc(S(=O)(=O)Nc2ccc(C#N)cc2)c2c1CC([NH+](C)C(=O)C(F)(F)F)CO2. The van der Waals surface area contributed by atoms with Gasteiger partial charge in [-0.25, -0.2) is 13.2 Å². The summed E-state index contributed by atoms with van der Waals surface area (Å²) >= 11 is 0. The van der Waals surface area contributed by atoms with Crippen molar-refractivity contribution in [1.82, 2.24) is 0 Å². The van der Waals surface area contributed by atoms with Gasteiger partial charge in [0, 0.05) is 17.7 Å². The number of benzene rings is 2. The molecule has 8 nitrogen and oxygen atoms in total. The first-order valence-corrected chi connectivity index (χ1v) is 10.8. The van der Waals surface area contributed by atoms with E-state index in [0.29, 0.717) is 5.56 Å². The number of quaternary nitrogens is 1. The predicted molar refractivity (Wildman–Crippen MR) is 106 cm³/mol. The topological polar surface area (TPSA) is 110 Å². The minimum Gasteiger partial charge on any atom is -0.496 e. The van der Waals surface area contributed by atoms with Gasteiger partial charge >= 0.3 is 12.1 Å². The molecule has 0 bridgehead atoms. The largest absolute Gasteiger partial charge is 0.509 e. The minimum absolute atomic E-state index is 0.0472. The molecule has 1 aliphatic rings. The lowest BCUT2D eigenvalue weighted by Crippen LogP contribution is -3.18. The molecule has 170 valence electrons. The first kappa shape index (κ1) is 23.4. The van der Waals surface area contributed by atoms with Crippen LogP contribution in [0.3, 0.4) is 0 Å². The summed E-state index contributed by atoms with van der Waals surface area (Å²) in [6, 6.07) is 9.40. The molecule has 1 heterocycles. The molecule has 3 rings (SSSR count). The third-order valence-corrected chi connectivity index (χ3v) is 6.47. The number of likely N-dealkylation sites (N-methyl/N-ethyl adjacent to an activating group) is 1. The molecule has 0 spiro atoms. The number of carbonyl (C=O) groups is 1. The van der Waals surface area contributed by atoms with Crippen molar-refractivity contribution in [1.29, 1.82) is 5.26 Å². The van der Waals surface area contributed by atoms with Crippen LogP contribution < -0.4 is 19.1 Å². The molecular weight excluding hydrogens is 451 g/mol. The Kier molecular flexibility index (Phi) is 6.34. The number of rotatable bonds is 5. The Labute approximate surface area is 182 Å². The average molecular weight is 470 g/mol. The summed E-state index contributed by atoms with van der Waals surface area (Å²) in [6.45, 7) is -0.298. The fourth-order valence-electron chi connectivity index (χ4n) is 3.34. The van der Waals surface area contributed by atoms with Crippen molar-refractivity contribution in [2.45, 2.75) is 23.5 Å². The average Bonchev–Trinajstić information content (AvgIpc) is 2.76. The number of nitrogens with one attached hydrogen (secondary N) is 2. The molecule has 32 heavy (non-hydrogen) atoms. The number of carbonyl (C=O) groups excluding carboxylic acids is 1. The molecule has 2 aromatic rings. The Balaban J connectivity index is 1.94. The maximum Gasteiger partial charge on any atom is 0.509 e. The fourth-order valence-corrected chi connectivity index (χ4v) is 4.57. The molecule has 0 aliphatic carbocycles. The van der Waals surface area contributed by atoms with Gasteiger partial charge in [-0.3, -0.25) is 9.62 Å². The van der Waals surface area contributed by atoms with Crippen LogP contribution in [0.1, 0.15) is 11.1 Å². The Morgan fingerprint density at radius 2 is 1.91 bits per heavy atom. The Morgan fingerprint density at radius 1 is 1.25 bits per heavy atom. The first-order chi connectivity index (χ1) is 15.0. The molecule has 0 radical (unpaired) electrons. The number of amides is 1. The zero-order valence-electron chi connectivity index (χ0n) is 17.0. The molecule has 0 aromatic heterocycles. The second-order valence-electron chi connectivity index (χ2n) is 7.09. The van der Waals surface area contributed by atoms with Gasteiger partial charge in [0.2, 0.25) is 0 Å². The lowest BCUT2D eigenvalue weighted by atomic mass is 10.0. The van der Waals surface area contributed by atoms with E-state index < -0.39 is 33.0 Å². The molecule has 0 saturated carbocycles. The first-order valence-electron chi connectivity index (χ1n) is 9.28. The monoisotopic (exact) mass is 470 g/mol. The Hall–Kier alpha value is -3.30. The number of hydrogen-bond acceptors (Lipinski definition) is 6. The number of ether oxygens (including phenoxy) is 2. The number of fused-ring (bicyclic) bond motifs is 1. The third kappa shape index (κ3) is 4.63. The summed E-state index contributed by atoms with van der Waals surface area (Å²) < 4.78 is 77.6. The zero-order chi connectivity index (χ0) is 23.7. The normalized spacial score (nSPS) is 16.8. The van der Waals surface area contributed by atoms with Gasteiger partial charge in [-0.15, -0.1) is 0 Å². The number of anilines is 1. The highest BCUT2D eigenvalue weighted by Gasteiger charge is 2.49. The molecule has 12 heteroatoms. The quantitative estimate of drug-likeness (QED) is 0.681. The van der Waals surface area contributed by atoms with Gasteiger partial charge in [0.1, 0.15) is 29.0 Å². The molecule has 0 fully saturated rings. The van der Waals surface area contributed by atoms with Crippen LogP contribution >= 0.6 is 0 Å². The molecule has 2 aromatic carbocycles. The van der Waals surface area contributed by atoms with E-state index >= 15 is 0 Å². The smallest absolute Gasteiger partial charge is 0.496 e. The van der Waals surface area contributed by atoms with Gasteiger partial charge in [-0.2, -0.15) is 18.4 Å². The molecule has 1 amide bonds. The second kappa shape index (κ2) is 8.68. The van der Waals surface area contributed by atoms with Crippen molar-refractivity contribution in [3.05, 3.63) is 47.5 Å². The summed E-state index contributed by atoms with van der Waals surface area (Å²) in [7, 11) is -1.72. The van der Waals surface area contributed by atoms with Crippen molar-refractivity contribution >= 4 is 21.6 Å². The van der Waals surface area contributed by atoms with Gasteiger partial charge in [-0.05, 0) is 36.4 Å². The van der Waals surface area contributed by atoms with Crippen LogP contribution in [-0.2, 0) is 21.2 Å². The summed E-state index contributed by atoms with van der Waals surface area (Å²) in [5.41, 5.74) is 0.812. The fraction of sp³-hybridized carbons (Fsp3) is 0.300. The van der Waals surface area contributed by atoms with Crippen LogP contribution in [-0.4, -0.2) is 47.3 Å². The number of sulfonamides is 1. The van der Waals surface area contributed by atoms with Gasteiger partial charge in [-0.1, -0.05) is 0 Å². The molecule has 2 unspecified atom stereocenters. The van der Waals surface area contributed by atoms with Crippen LogP contribution in [0.4, 0.5) is 18.9 Å². The Bertz CT molecular complexity index is 1170. The van der Waals surface area contributed by atoms with E-state index in [9.17, 15) is 26.4 Å². The zero-order valence-corrected chi connectivity index (χ0v) is 17.8. The van der Waals surface area contributed by atoms with Crippen LogP contribution in [0.2, 0.25) is 0 Å². The molecule has 2 N–H and O–H groups in total. The van der Waals surface area contributed by atoms with Gasteiger partial charge in [0.15, 0.2) is 0 Å². The summed E-state index contributed by atoms with van der Waals surface area (Å²) in [4.78, 5) is 11.0. The highest BCUT2D eigenvalue weighted by Crippen LogP contribution is 2.38. The predicted octanol–water partition coefficient (Wildman–Crippen LogP) is 1.27. The van der Waals surface area contributed by atoms with E-state index in [4.69, 9.17) is 14.7 Å². The van der Waals surface area contributed by atoms with E-state index in [0.717, 1.165) is 7.05 Å². The maximum atomic E-state index is 13.0. The van der Waals surface area contributed by atoms with E-state index in [-0.39, 0.29) is 40.7 Å². The van der Waals surface area contributed by atoms with E-state index in [2.05, 4.69) is 4.72 Å². The molecule has 0 saturated heterocycles. The number of hydrogen-bond donors (Lipinski definition) is 2. The molecule has 2 atom stereocenters. The van der Waals surface area contributed by atoms with Crippen molar-refractivity contribution in [3.8, 4) is 17.6 Å². The second-order valence-corrected chi connectivity index (χ2v) is 8.74. The number of nitrogens with zero attached hydrogens (tertiary/aromatic N) is 1. The lowest BCUT2D eigenvalue weighted by Gasteiger charge is -2.30. The van der Waals surface area contributed by atoms with Crippen LogP contribution in [0.5, 0.6) is 11.5 Å². The highest BCUT2D eigenvalue weighted by molar-refractivity contribution is 7.92. The van der Waals surface area contributed by atoms with Crippen LogP contribution in [0.25, 0.3) is 0 Å². The van der Waals surface area contributed by atoms with Gasteiger partial charge in [0.25, 0.3) is 10.0 Å². The number of halogens is 3.